The third-order valence-corrected chi connectivity index (χ3v) is 4.06. The van der Waals surface area contributed by atoms with Crippen LogP contribution in [0.4, 0.5) is 10.1 Å². The van der Waals surface area contributed by atoms with Crippen LogP contribution in [0, 0.1) is 5.82 Å². The maximum atomic E-state index is 13.0. The van der Waals surface area contributed by atoms with Crippen LogP contribution in [0.1, 0.15) is 34.8 Å². The molecule has 0 saturated heterocycles. The molecule has 5 heteroatoms. The minimum atomic E-state index is -0.297. The molecule has 0 aliphatic carbocycles. The highest BCUT2D eigenvalue weighted by Crippen LogP contribution is 2.31. The molecule has 0 aromatic heterocycles. The minimum Gasteiger partial charge on any atom is -0.352 e. The highest BCUT2D eigenvalue weighted by molar-refractivity contribution is 6.03. The zero-order chi connectivity index (χ0) is 17.1. The van der Waals surface area contributed by atoms with Crippen molar-refractivity contribution in [2.24, 2.45) is 0 Å². The van der Waals surface area contributed by atoms with Gasteiger partial charge >= 0.3 is 0 Å². The number of hydrogen-bond acceptors (Lipinski definition) is 2. The van der Waals surface area contributed by atoms with Crippen molar-refractivity contribution in [2.75, 3.05) is 11.4 Å². The molecule has 24 heavy (non-hydrogen) atoms. The molecule has 1 aliphatic heterocycles. The molecule has 0 bridgehead atoms. The van der Waals surface area contributed by atoms with Gasteiger partial charge in [-0.15, -0.1) is 0 Å². The van der Waals surface area contributed by atoms with Crippen LogP contribution in [0.3, 0.4) is 0 Å². The van der Waals surface area contributed by atoms with E-state index in [-0.39, 0.29) is 24.1 Å². The SMILES string of the molecule is CCCNC(=O)c1ccc2c(c1)CC(=O)N2Cc1ccc(F)cc1. The van der Waals surface area contributed by atoms with E-state index in [1.165, 1.54) is 12.1 Å². The molecule has 0 atom stereocenters. The lowest BCUT2D eigenvalue weighted by molar-refractivity contribution is -0.117. The number of anilines is 1. The number of benzene rings is 2. The largest absolute Gasteiger partial charge is 0.352 e. The third-order valence-electron chi connectivity index (χ3n) is 4.06. The van der Waals surface area contributed by atoms with Crippen molar-refractivity contribution in [1.82, 2.24) is 5.32 Å². The van der Waals surface area contributed by atoms with Crippen LogP contribution in [-0.4, -0.2) is 18.4 Å². The Hall–Kier alpha value is -2.69. The molecular weight excluding hydrogens is 307 g/mol. The van der Waals surface area contributed by atoms with Crippen LogP contribution >= 0.6 is 0 Å². The first-order valence-corrected chi connectivity index (χ1v) is 8.04. The Labute approximate surface area is 140 Å². The summed E-state index contributed by atoms with van der Waals surface area (Å²) in [6, 6.07) is 11.4. The van der Waals surface area contributed by atoms with E-state index in [0.717, 1.165) is 23.2 Å². The summed E-state index contributed by atoms with van der Waals surface area (Å²) in [5.41, 5.74) is 3.10. The molecule has 1 heterocycles. The average Bonchev–Trinajstić information content (AvgIpc) is 2.89. The van der Waals surface area contributed by atoms with Gasteiger partial charge in [0.15, 0.2) is 0 Å². The van der Waals surface area contributed by atoms with E-state index >= 15 is 0 Å². The molecule has 0 fully saturated rings. The predicted octanol–water partition coefficient (Wildman–Crippen LogP) is 3.05. The molecule has 1 aliphatic rings. The van der Waals surface area contributed by atoms with Gasteiger partial charge < -0.3 is 10.2 Å². The standard InChI is InChI=1S/C19H19FN2O2/c1-2-9-21-19(24)14-5-8-17-15(10-14)11-18(23)22(17)12-13-3-6-16(20)7-4-13/h3-8,10H,2,9,11-12H2,1H3,(H,21,24). The first-order valence-electron chi connectivity index (χ1n) is 8.04. The van der Waals surface area contributed by atoms with E-state index in [2.05, 4.69) is 5.32 Å². The average molecular weight is 326 g/mol. The van der Waals surface area contributed by atoms with Crippen LogP contribution < -0.4 is 10.2 Å². The van der Waals surface area contributed by atoms with Gasteiger partial charge in [0, 0.05) is 17.8 Å². The number of carbonyl (C=O) groups is 2. The van der Waals surface area contributed by atoms with E-state index < -0.39 is 0 Å². The Bertz CT molecular complexity index is 771. The molecule has 2 amide bonds. The van der Waals surface area contributed by atoms with E-state index in [4.69, 9.17) is 0 Å². The van der Waals surface area contributed by atoms with Gasteiger partial charge in [-0.1, -0.05) is 19.1 Å². The number of hydrogen-bond donors (Lipinski definition) is 1. The maximum Gasteiger partial charge on any atom is 0.251 e. The van der Waals surface area contributed by atoms with Crippen LogP contribution in [0.2, 0.25) is 0 Å². The summed E-state index contributed by atoms with van der Waals surface area (Å²) < 4.78 is 13.0. The summed E-state index contributed by atoms with van der Waals surface area (Å²) in [4.78, 5) is 26.0. The maximum absolute atomic E-state index is 13.0. The molecule has 2 aromatic carbocycles. The molecule has 0 saturated carbocycles. The second-order valence-electron chi connectivity index (χ2n) is 5.88. The number of halogens is 1. The van der Waals surface area contributed by atoms with Crippen LogP contribution in [0.25, 0.3) is 0 Å². The molecule has 1 N–H and O–H groups in total. The Morgan fingerprint density at radius 3 is 2.67 bits per heavy atom. The van der Waals surface area contributed by atoms with Crippen LogP contribution in [0.15, 0.2) is 42.5 Å². The Morgan fingerprint density at radius 2 is 1.96 bits per heavy atom. The Morgan fingerprint density at radius 1 is 1.21 bits per heavy atom. The van der Waals surface area contributed by atoms with Crippen molar-refractivity contribution in [3.63, 3.8) is 0 Å². The van der Waals surface area contributed by atoms with Crippen molar-refractivity contribution in [2.45, 2.75) is 26.3 Å². The van der Waals surface area contributed by atoms with Crippen molar-refractivity contribution in [3.8, 4) is 0 Å². The summed E-state index contributed by atoms with van der Waals surface area (Å²) in [5.74, 6) is -0.431. The van der Waals surface area contributed by atoms with Crippen LogP contribution in [0.5, 0.6) is 0 Å². The molecule has 0 spiro atoms. The fourth-order valence-electron chi connectivity index (χ4n) is 2.81. The summed E-state index contributed by atoms with van der Waals surface area (Å²) in [5, 5.41) is 2.83. The van der Waals surface area contributed by atoms with Gasteiger partial charge in [-0.25, -0.2) is 4.39 Å². The zero-order valence-corrected chi connectivity index (χ0v) is 13.5. The van der Waals surface area contributed by atoms with Gasteiger partial charge in [0.25, 0.3) is 5.91 Å². The second kappa shape index (κ2) is 6.83. The van der Waals surface area contributed by atoms with Gasteiger partial charge in [0.2, 0.25) is 5.91 Å². The number of rotatable bonds is 5. The van der Waals surface area contributed by atoms with Crippen molar-refractivity contribution < 1.29 is 14.0 Å². The Balaban J connectivity index is 1.80. The van der Waals surface area contributed by atoms with E-state index in [9.17, 15) is 14.0 Å². The van der Waals surface area contributed by atoms with Gasteiger partial charge in [-0.05, 0) is 47.9 Å². The highest BCUT2D eigenvalue weighted by Gasteiger charge is 2.28. The predicted molar refractivity (Wildman–Crippen MR) is 90.4 cm³/mol. The van der Waals surface area contributed by atoms with Crippen molar-refractivity contribution in [1.29, 1.82) is 0 Å². The van der Waals surface area contributed by atoms with Crippen LogP contribution in [-0.2, 0) is 17.8 Å². The first-order chi connectivity index (χ1) is 11.6. The molecule has 0 radical (unpaired) electrons. The van der Waals surface area contributed by atoms with Gasteiger partial charge in [-0.2, -0.15) is 0 Å². The molecule has 2 aromatic rings. The van der Waals surface area contributed by atoms with E-state index in [0.29, 0.717) is 18.7 Å². The molecule has 3 rings (SSSR count). The third kappa shape index (κ3) is 3.30. The second-order valence-corrected chi connectivity index (χ2v) is 5.88. The summed E-state index contributed by atoms with van der Waals surface area (Å²) in [6.07, 6.45) is 1.16. The van der Waals surface area contributed by atoms with Crippen molar-refractivity contribution >= 4 is 17.5 Å². The van der Waals surface area contributed by atoms with E-state index in [1.54, 1.807) is 29.2 Å². The summed E-state index contributed by atoms with van der Waals surface area (Å²) >= 11 is 0. The van der Waals surface area contributed by atoms with Gasteiger partial charge in [-0.3, -0.25) is 9.59 Å². The quantitative estimate of drug-likeness (QED) is 0.918. The monoisotopic (exact) mass is 326 g/mol. The van der Waals surface area contributed by atoms with Gasteiger partial charge in [0.1, 0.15) is 5.82 Å². The fourth-order valence-corrected chi connectivity index (χ4v) is 2.81. The normalized spacial score (nSPS) is 13.1. The number of nitrogens with one attached hydrogen (secondary N) is 1. The number of amides is 2. The number of carbonyl (C=O) groups excluding carboxylic acids is 2. The highest BCUT2D eigenvalue weighted by atomic mass is 19.1. The number of nitrogens with zero attached hydrogens (tertiary/aromatic N) is 1. The summed E-state index contributed by atoms with van der Waals surface area (Å²) in [6.45, 7) is 3.02. The number of fused-ring (bicyclic) bond motifs is 1. The smallest absolute Gasteiger partial charge is 0.251 e. The minimum absolute atomic E-state index is 0.0135. The van der Waals surface area contributed by atoms with Gasteiger partial charge in [0.05, 0.1) is 13.0 Å². The van der Waals surface area contributed by atoms with E-state index in [1.807, 2.05) is 13.0 Å². The first kappa shape index (κ1) is 16.2. The lowest BCUT2D eigenvalue weighted by Crippen LogP contribution is -2.26. The fraction of sp³-hybridized carbons (Fsp3) is 0.263. The Kier molecular flexibility index (Phi) is 4.60. The lowest BCUT2D eigenvalue weighted by atomic mass is 10.1. The molecule has 0 unspecified atom stereocenters. The zero-order valence-electron chi connectivity index (χ0n) is 13.5. The lowest BCUT2D eigenvalue weighted by Gasteiger charge is -2.18. The molecule has 4 nitrogen and oxygen atoms in total. The van der Waals surface area contributed by atoms with Crippen molar-refractivity contribution in [3.05, 3.63) is 65.0 Å². The summed E-state index contributed by atoms with van der Waals surface area (Å²) in [7, 11) is 0. The topological polar surface area (TPSA) is 49.4 Å². The molecule has 124 valence electrons. The molecular formula is C19H19FN2O2.